The highest BCUT2D eigenvalue weighted by Gasteiger charge is 2.36. The lowest BCUT2D eigenvalue weighted by molar-refractivity contribution is 0.119. The summed E-state index contributed by atoms with van der Waals surface area (Å²) in [4.78, 5) is 12.0. The lowest BCUT2D eigenvalue weighted by Gasteiger charge is -2.39. The molecule has 1 aliphatic heterocycles. The fourth-order valence-electron chi connectivity index (χ4n) is 3.11. The fourth-order valence-corrected chi connectivity index (χ4v) is 6.08. The Kier molecular flexibility index (Phi) is 4.59. The summed E-state index contributed by atoms with van der Waals surface area (Å²) in [5, 5.41) is 0. The van der Waals surface area contributed by atoms with Crippen LogP contribution in [0.3, 0.4) is 0 Å². The number of aromatic amines is 1. The molecule has 0 bridgehead atoms. The Morgan fingerprint density at radius 3 is 2.74 bits per heavy atom. The zero-order chi connectivity index (χ0) is 16.6. The van der Waals surface area contributed by atoms with E-state index < -0.39 is 10.0 Å². The zero-order valence-corrected chi connectivity index (χ0v) is 15.2. The number of nitrogens with one attached hydrogen (secondary N) is 1. The lowest BCUT2D eigenvalue weighted by atomic mass is 10.2. The Balaban J connectivity index is 1.90. The maximum absolute atomic E-state index is 13.0. The number of hydrogen-bond acceptors (Lipinski definition) is 5. The van der Waals surface area contributed by atoms with Crippen molar-refractivity contribution in [2.75, 3.05) is 26.2 Å². The van der Waals surface area contributed by atoms with Crippen molar-refractivity contribution in [2.24, 2.45) is 0 Å². The summed E-state index contributed by atoms with van der Waals surface area (Å²) >= 11 is 1.53. The van der Waals surface area contributed by atoms with E-state index in [1.54, 1.807) is 22.8 Å². The molecule has 0 saturated carbocycles. The zero-order valence-electron chi connectivity index (χ0n) is 13.6. The van der Waals surface area contributed by atoms with Crippen molar-refractivity contribution in [3.05, 3.63) is 34.0 Å². The first kappa shape index (κ1) is 16.6. The third kappa shape index (κ3) is 3.08. The van der Waals surface area contributed by atoms with Gasteiger partial charge in [0.25, 0.3) is 0 Å². The van der Waals surface area contributed by atoms with Crippen molar-refractivity contribution >= 4 is 21.4 Å². The van der Waals surface area contributed by atoms with Crippen LogP contribution >= 0.6 is 11.3 Å². The Morgan fingerprint density at radius 2 is 2.17 bits per heavy atom. The van der Waals surface area contributed by atoms with Gasteiger partial charge in [-0.05, 0) is 26.5 Å². The molecule has 1 atom stereocenters. The number of thiophene rings is 1. The minimum absolute atomic E-state index is 0.0291. The summed E-state index contributed by atoms with van der Waals surface area (Å²) in [5.41, 5.74) is 0. The van der Waals surface area contributed by atoms with Gasteiger partial charge in [-0.25, -0.2) is 13.4 Å². The Morgan fingerprint density at radius 1 is 1.39 bits per heavy atom. The maximum Gasteiger partial charge on any atom is 0.244 e. The number of hydrogen-bond donors (Lipinski definition) is 1. The monoisotopic (exact) mass is 354 g/mol. The van der Waals surface area contributed by atoms with Crippen LogP contribution in [0.4, 0.5) is 0 Å². The van der Waals surface area contributed by atoms with Gasteiger partial charge in [0.05, 0.1) is 10.9 Å². The first-order valence-corrected chi connectivity index (χ1v) is 9.99. The highest BCUT2D eigenvalue weighted by atomic mass is 32.2. The number of nitrogens with zero attached hydrogens (tertiary/aromatic N) is 3. The first-order valence-electron chi connectivity index (χ1n) is 7.74. The van der Waals surface area contributed by atoms with Crippen molar-refractivity contribution in [3.8, 4) is 0 Å². The van der Waals surface area contributed by atoms with Crippen LogP contribution in [0.25, 0.3) is 0 Å². The predicted molar refractivity (Wildman–Crippen MR) is 91.1 cm³/mol. The molecule has 6 nitrogen and oxygen atoms in total. The summed E-state index contributed by atoms with van der Waals surface area (Å²) in [6, 6.07) is 1.75. The average Bonchev–Trinajstić information content (AvgIpc) is 3.16. The average molecular weight is 355 g/mol. The first-order chi connectivity index (χ1) is 10.9. The molecular weight excluding hydrogens is 332 g/mol. The molecule has 1 aliphatic rings. The van der Waals surface area contributed by atoms with Gasteiger partial charge in [-0.3, -0.25) is 4.90 Å². The number of piperazine rings is 1. The molecule has 0 unspecified atom stereocenters. The molecule has 2 aromatic heterocycles. The Labute approximate surface area is 141 Å². The van der Waals surface area contributed by atoms with Crippen LogP contribution in [0.15, 0.2) is 23.4 Å². The van der Waals surface area contributed by atoms with Crippen LogP contribution in [-0.2, 0) is 10.0 Å². The van der Waals surface area contributed by atoms with Crippen molar-refractivity contribution in [1.82, 2.24) is 19.2 Å². The van der Waals surface area contributed by atoms with Gasteiger partial charge in [0.15, 0.2) is 0 Å². The van der Waals surface area contributed by atoms with Crippen molar-refractivity contribution in [3.63, 3.8) is 0 Å². The molecule has 1 saturated heterocycles. The smallest absolute Gasteiger partial charge is 0.244 e. The summed E-state index contributed by atoms with van der Waals surface area (Å²) in [7, 11) is -3.45. The second kappa shape index (κ2) is 6.35. The van der Waals surface area contributed by atoms with E-state index in [0.717, 1.165) is 22.1 Å². The van der Waals surface area contributed by atoms with Gasteiger partial charge in [0.1, 0.15) is 5.82 Å². The molecule has 0 amide bonds. The van der Waals surface area contributed by atoms with Gasteiger partial charge in [0, 0.05) is 41.8 Å². The van der Waals surface area contributed by atoms with Gasteiger partial charge in [-0.2, -0.15) is 4.31 Å². The van der Waals surface area contributed by atoms with Crippen molar-refractivity contribution < 1.29 is 8.42 Å². The third-order valence-electron chi connectivity index (χ3n) is 4.31. The van der Waals surface area contributed by atoms with Gasteiger partial charge in [-0.15, -0.1) is 11.3 Å². The summed E-state index contributed by atoms with van der Waals surface area (Å²) < 4.78 is 27.6. The van der Waals surface area contributed by atoms with Gasteiger partial charge in [-0.1, -0.05) is 6.92 Å². The minimum Gasteiger partial charge on any atom is -0.347 e. The second-order valence-corrected chi connectivity index (χ2v) is 9.13. The highest BCUT2D eigenvalue weighted by Crippen LogP contribution is 2.31. The molecule has 0 radical (unpaired) electrons. The number of aromatic nitrogens is 2. The van der Waals surface area contributed by atoms with Crippen molar-refractivity contribution in [2.45, 2.75) is 31.7 Å². The maximum atomic E-state index is 13.0. The number of aryl methyl sites for hydroxylation is 2. The molecule has 0 aliphatic carbocycles. The molecule has 3 rings (SSSR count). The molecule has 23 heavy (non-hydrogen) atoms. The molecule has 126 valence electrons. The SMILES string of the molecule is CCN1CCN(S(=O)(=O)c2cc(C)sc2C)C[C@H]1c1ncc[nH]1. The van der Waals surface area contributed by atoms with Crippen LogP contribution < -0.4 is 0 Å². The van der Waals surface area contributed by atoms with Gasteiger partial charge in [0.2, 0.25) is 10.0 Å². The number of H-pyrrole nitrogens is 1. The molecule has 0 aromatic carbocycles. The molecule has 1 N–H and O–H groups in total. The van der Waals surface area contributed by atoms with Crippen LogP contribution in [0.1, 0.15) is 28.5 Å². The van der Waals surface area contributed by atoms with Crippen LogP contribution in [-0.4, -0.2) is 53.8 Å². The van der Waals surface area contributed by atoms with E-state index in [2.05, 4.69) is 21.8 Å². The van der Waals surface area contributed by atoms with E-state index in [0.29, 0.717) is 24.5 Å². The normalized spacial score (nSPS) is 20.9. The fraction of sp³-hybridized carbons (Fsp3) is 0.533. The Bertz CT molecular complexity index is 768. The third-order valence-corrected chi connectivity index (χ3v) is 7.39. The van der Waals surface area contributed by atoms with Crippen molar-refractivity contribution in [1.29, 1.82) is 0 Å². The molecule has 1 fully saturated rings. The van der Waals surface area contributed by atoms with E-state index >= 15 is 0 Å². The van der Waals surface area contributed by atoms with E-state index in [9.17, 15) is 8.42 Å². The number of imidazole rings is 1. The number of likely N-dealkylation sites (N-methyl/N-ethyl adjacent to an activating group) is 1. The predicted octanol–water partition coefficient (Wildman–Crippen LogP) is 2.16. The van der Waals surface area contributed by atoms with Crippen LogP contribution in [0.2, 0.25) is 0 Å². The number of rotatable bonds is 4. The lowest BCUT2D eigenvalue weighted by Crippen LogP contribution is -2.50. The van der Waals surface area contributed by atoms with Gasteiger partial charge < -0.3 is 4.98 Å². The van der Waals surface area contributed by atoms with E-state index in [1.807, 2.05) is 13.8 Å². The summed E-state index contributed by atoms with van der Waals surface area (Å²) in [5.74, 6) is 0.824. The molecule has 2 aromatic rings. The topological polar surface area (TPSA) is 69.3 Å². The quantitative estimate of drug-likeness (QED) is 0.913. The molecule has 3 heterocycles. The Hall–Kier alpha value is -1.22. The van der Waals surface area contributed by atoms with Crippen LogP contribution in [0.5, 0.6) is 0 Å². The minimum atomic E-state index is -3.45. The molecule has 0 spiro atoms. The second-order valence-electron chi connectivity index (χ2n) is 5.76. The van der Waals surface area contributed by atoms with Gasteiger partial charge >= 0.3 is 0 Å². The highest BCUT2D eigenvalue weighted by molar-refractivity contribution is 7.89. The largest absolute Gasteiger partial charge is 0.347 e. The molecule has 8 heteroatoms. The summed E-state index contributed by atoms with van der Waals surface area (Å²) in [6.07, 6.45) is 3.49. The van der Waals surface area contributed by atoms with E-state index in [-0.39, 0.29) is 6.04 Å². The standard InChI is InChI=1S/C15H22N4O2S2/c1-4-18-7-8-19(10-13(18)15-16-5-6-17-15)23(20,21)14-9-11(2)22-12(14)3/h5-6,9,13H,4,7-8,10H2,1-3H3,(H,16,17)/t13-/m0/s1. The van der Waals surface area contributed by atoms with E-state index in [1.165, 1.54) is 11.3 Å². The number of sulfonamides is 1. The molecular formula is C15H22N4O2S2. The van der Waals surface area contributed by atoms with Crippen LogP contribution in [0, 0.1) is 13.8 Å². The summed E-state index contributed by atoms with van der Waals surface area (Å²) in [6.45, 7) is 8.43. The van der Waals surface area contributed by atoms with E-state index in [4.69, 9.17) is 0 Å².